The molecule has 1 aromatic heterocycles. The van der Waals surface area contributed by atoms with Gasteiger partial charge in [0.05, 0.1) is 10.9 Å². The van der Waals surface area contributed by atoms with Crippen molar-refractivity contribution < 1.29 is 9.47 Å². The molecule has 1 aliphatic heterocycles. The summed E-state index contributed by atoms with van der Waals surface area (Å²) in [7, 11) is 0. The zero-order chi connectivity index (χ0) is 12.5. The number of ether oxygens (including phenoxy) is 2. The van der Waals surface area contributed by atoms with Crippen LogP contribution in [0.3, 0.4) is 0 Å². The van der Waals surface area contributed by atoms with E-state index in [2.05, 4.69) is 15.9 Å². The first-order chi connectivity index (χ1) is 8.74. The number of hydrogen-bond donors (Lipinski definition) is 1. The molecule has 0 amide bonds. The normalized spacial score (nSPS) is 17.3. The SMILES string of the molecule is NC1COc2cc(OCc3sccc3Br)ccc21. The summed E-state index contributed by atoms with van der Waals surface area (Å²) in [5, 5.41) is 2.04. The molecule has 2 N–H and O–H groups in total. The molecule has 94 valence electrons. The van der Waals surface area contributed by atoms with Crippen LogP contribution in [0.4, 0.5) is 0 Å². The van der Waals surface area contributed by atoms with Gasteiger partial charge in [0.1, 0.15) is 24.7 Å². The highest BCUT2D eigenvalue weighted by Crippen LogP contribution is 2.34. The Labute approximate surface area is 118 Å². The van der Waals surface area contributed by atoms with E-state index >= 15 is 0 Å². The number of nitrogens with two attached hydrogens (primary N) is 1. The van der Waals surface area contributed by atoms with Crippen molar-refractivity contribution in [1.29, 1.82) is 0 Å². The van der Waals surface area contributed by atoms with Gasteiger partial charge in [0, 0.05) is 16.1 Å². The highest BCUT2D eigenvalue weighted by Gasteiger charge is 2.20. The molecule has 3 rings (SSSR count). The topological polar surface area (TPSA) is 44.5 Å². The van der Waals surface area contributed by atoms with Gasteiger partial charge in [0.2, 0.25) is 0 Å². The zero-order valence-corrected chi connectivity index (χ0v) is 12.0. The van der Waals surface area contributed by atoms with E-state index in [4.69, 9.17) is 15.2 Å². The van der Waals surface area contributed by atoms with Crippen molar-refractivity contribution in [2.45, 2.75) is 12.6 Å². The van der Waals surface area contributed by atoms with E-state index in [1.54, 1.807) is 11.3 Å². The second kappa shape index (κ2) is 4.91. The Bertz CT molecular complexity index is 570. The third kappa shape index (κ3) is 2.25. The van der Waals surface area contributed by atoms with Crippen LogP contribution in [0, 0.1) is 0 Å². The van der Waals surface area contributed by atoms with Crippen LogP contribution in [0.1, 0.15) is 16.5 Å². The Morgan fingerprint density at radius 3 is 3.11 bits per heavy atom. The fourth-order valence-corrected chi connectivity index (χ4v) is 3.26. The maximum Gasteiger partial charge on any atom is 0.127 e. The predicted molar refractivity (Wildman–Crippen MR) is 75.2 cm³/mol. The average Bonchev–Trinajstić information content (AvgIpc) is 2.94. The minimum atomic E-state index is -0.0134. The molecule has 2 heterocycles. The maximum absolute atomic E-state index is 5.90. The quantitative estimate of drug-likeness (QED) is 0.939. The van der Waals surface area contributed by atoms with Crippen LogP contribution in [0.15, 0.2) is 34.1 Å². The molecule has 1 unspecified atom stereocenters. The molecular formula is C13H12BrNO2S. The lowest BCUT2D eigenvalue weighted by molar-refractivity contribution is 0.303. The van der Waals surface area contributed by atoms with Crippen LogP contribution in [-0.4, -0.2) is 6.61 Å². The highest BCUT2D eigenvalue weighted by atomic mass is 79.9. The van der Waals surface area contributed by atoms with Crippen LogP contribution in [0.2, 0.25) is 0 Å². The molecule has 5 heteroatoms. The van der Waals surface area contributed by atoms with Gasteiger partial charge < -0.3 is 15.2 Å². The summed E-state index contributed by atoms with van der Waals surface area (Å²) >= 11 is 5.16. The largest absolute Gasteiger partial charge is 0.491 e. The lowest BCUT2D eigenvalue weighted by Crippen LogP contribution is -2.10. The molecule has 0 radical (unpaired) electrons. The molecule has 1 aliphatic rings. The van der Waals surface area contributed by atoms with Gasteiger partial charge in [0.15, 0.2) is 0 Å². The summed E-state index contributed by atoms with van der Waals surface area (Å²) in [6.45, 7) is 1.11. The highest BCUT2D eigenvalue weighted by molar-refractivity contribution is 9.10. The lowest BCUT2D eigenvalue weighted by atomic mass is 10.1. The molecule has 0 spiro atoms. The van der Waals surface area contributed by atoms with Gasteiger partial charge in [-0.3, -0.25) is 0 Å². The van der Waals surface area contributed by atoms with Crippen LogP contribution in [-0.2, 0) is 6.61 Å². The van der Waals surface area contributed by atoms with Gasteiger partial charge in [-0.25, -0.2) is 0 Å². The molecule has 3 nitrogen and oxygen atoms in total. The Hall–Kier alpha value is -1.04. The molecule has 0 saturated heterocycles. The third-order valence-electron chi connectivity index (χ3n) is 2.86. The van der Waals surface area contributed by atoms with Crippen molar-refractivity contribution in [3.8, 4) is 11.5 Å². The second-order valence-corrected chi connectivity index (χ2v) is 5.95. The smallest absolute Gasteiger partial charge is 0.127 e. The van der Waals surface area contributed by atoms with Gasteiger partial charge in [-0.05, 0) is 39.5 Å². The van der Waals surface area contributed by atoms with E-state index in [0.717, 1.165) is 21.5 Å². The van der Waals surface area contributed by atoms with Gasteiger partial charge in [-0.1, -0.05) is 0 Å². The molecule has 1 aromatic carbocycles. The first kappa shape index (κ1) is 12.0. The number of rotatable bonds is 3. The fourth-order valence-electron chi connectivity index (χ4n) is 1.88. The summed E-state index contributed by atoms with van der Waals surface area (Å²) < 4.78 is 12.3. The number of benzene rings is 1. The Balaban J connectivity index is 1.73. The molecule has 0 saturated carbocycles. The van der Waals surface area contributed by atoms with E-state index < -0.39 is 0 Å². The summed E-state index contributed by atoms with van der Waals surface area (Å²) in [6, 6.07) is 7.83. The van der Waals surface area contributed by atoms with E-state index in [1.165, 1.54) is 4.88 Å². The van der Waals surface area contributed by atoms with E-state index in [0.29, 0.717) is 13.2 Å². The molecule has 0 fully saturated rings. The van der Waals surface area contributed by atoms with E-state index in [1.807, 2.05) is 29.6 Å². The van der Waals surface area contributed by atoms with E-state index in [-0.39, 0.29) is 6.04 Å². The third-order valence-corrected chi connectivity index (χ3v) is 4.76. The number of hydrogen-bond acceptors (Lipinski definition) is 4. The van der Waals surface area contributed by atoms with Gasteiger partial charge in [-0.2, -0.15) is 0 Å². The van der Waals surface area contributed by atoms with Crippen molar-refractivity contribution in [2.24, 2.45) is 5.73 Å². The van der Waals surface area contributed by atoms with Crippen LogP contribution >= 0.6 is 27.3 Å². The summed E-state index contributed by atoms with van der Waals surface area (Å²) in [5.74, 6) is 1.65. The number of halogens is 1. The van der Waals surface area contributed by atoms with Crippen LogP contribution < -0.4 is 15.2 Å². The van der Waals surface area contributed by atoms with Gasteiger partial charge in [0.25, 0.3) is 0 Å². The summed E-state index contributed by atoms with van der Waals surface area (Å²) in [6.07, 6.45) is 0. The number of fused-ring (bicyclic) bond motifs is 1. The van der Waals surface area contributed by atoms with Crippen LogP contribution in [0.5, 0.6) is 11.5 Å². The Morgan fingerprint density at radius 2 is 2.33 bits per heavy atom. The molecule has 1 atom stereocenters. The molecule has 2 aromatic rings. The minimum Gasteiger partial charge on any atom is -0.491 e. The van der Waals surface area contributed by atoms with E-state index in [9.17, 15) is 0 Å². The maximum atomic E-state index is 5.90. The fraction of sp³-hybridized carbons (Fsp3) is 0.231. The Morgan fingerprint density at radius 1 is 1.44 bits per heavy atom. The second-order valence-electron chi connectivity index (χ2n) is 4.10. The molecule has 0 bridgehead atoms. The van der Waals surface area contributed by atoms with Crippen molar-refractivity contribution in [3.05, 3.63) is 44.6 Å². The van der Waals surface area contributed by atoms with Crippen LogP contribution in [0.25, 0.3) is 0 Å². The molecular weight excluding hydrogens is 314 g/mol. The van der Waals surface area contributed by atoms with Crippen molar-refractivity contribution in [1.82, 2.24) is 0 Å². The summed E-state index contributed by atoms with van der Waals surface area (Å²) in [4.78, 5) is 1.17. The molecule has 18 heavy (non-hydrogen) atoms. The lowest BCUT2D eigenvalue weighted by Gasteiger charge is -2.07. The predicted octanol–water partition coefficient (Wildman–Crippen LogP) is 3.48. The first-order valence-electron chi connectivity index (χ1n) is 5.61. The Kier molecular flexibility index (Phi) is 3.28. The standard InChI is InChI=1S/C13H12BrNO2S/c14-10-3-4-18-13(10)7-16-8-1-2-9-11(15)6-17-12(9)5-8/h1-5,11H,6-7,15H2. The zero-order valence-electron chi connectivity index (χ0n) is 9.56. The summed E-state index contributed by atoms with van der Waals surface area (Å²) in [5.41, 5.74) is 6.95. The monoisotopic (exact) mass is 325 g/mol. The van der Waals surface area contributed by atoms with Gasteiger partial charge in [-0.15, -0.1) is 11.3 Å². The molecule has 0 aliphatic carbocycles. The average molecular weight is 326 g/mol. The van der Waals surface area contributed by atoms with Crippen molar-refractivity contribution in [2.75, 3.05) is 6.61 Å². The first-order valence-corrected chi connectivity index (χ1v) is 7.28. The van der Waals surface area contributed by atoms with Crippen molar-refractivity contribution >= 4 is 27.3 Å². The minimum absolute atomic E-state index is 0.0134. The van der Waals surface area contributed by atoms with Crippen molar-refractivity contribution in [3.63, 3.8) is 0 Å². The van der Waals surface area contributed by atoms with Gasteiger partial charge >= 0.3 is 0 Å². The number of thiophene rings is 1.